The number of methoxy groups -OCH3 is 1. The molecule has 0 bridgehead atoms. The van der Waals surface area contributed by atoms with Crippen LogP contribution in [-0.2, 0) is 6.54 Å². The third-order valence-corrected chi connectivity index (χ3v) is 3.38. The standard InChI is InChI=1S/C14H13BrClNO/c1-18-12-5-2-10(3-6-12)9-17-14-7-4-11(15)8-13(14)16/h2-8,17H,9H2,1H3. The van der Waals surface area contributed by atoms with Crippen LogP contribution >= 0.6 is 27.5 Å². The average Bonchev–Trinajstić information content (AvgIpc) is 2.38. The van der Waals surface area contributed by atoms with Crippen LogP contribution in [0.2, 0.25) is 5.02 Å². The second-order valence-electron chi connectivity index (χ2n) is 3.83. The predicted molar refractivity (Wildman–Crippen MR) is 79.5 cm³/mol. The van der Waals surface area contributed by atoms with Crippen LogP contribution in [0.5, 0.6) is 5.75 Å². The first-order chi connectivity index (χ1) is 8.69. The zero-order chi connectivity index (χ0) is 13.0. The third kappa shape index (κ3) is 3.40. The summed E-state index contributed by atoms with van der Waals surface area (Å²) in [5, 5.41) is 4.01. The molecule has 0 aliphatic carbocycles. The Bertz CT molecular complexity index is 528. The van der Waals surface area contributed by atoms with Gasteiger partial charge in [0.2, 0.25) is 0 Å². The van der Waals surface area contributed by atoms with Gasteiger partial charge in [0.05, 0.1) is 17.8 Å². The Balaban J connectivity index is 2.02. The topological polar surface area (TPSA) is 21.3 Å². The number of benzene rings is 2. The molecule has 18 heavy (non-hydrogen) atoms. The molecule has 0 aromatic heterocycles. The lowest BCUT2D eigenvalue weighted by Crippen LogP contribution is -1.99. The van der Waals surface area contributed by atoms with E-state index in [-0.39, 0.29) is 0 Å². The highest BCUT2D eigenvalue weighted by Crippen LogP contribution is 2.26. The second kappa shape index (κ2) is 6.12. The van der Waals surface area contributed by atoms with Crippen molar-refractivity contribution in [1.82, 2.24) is 0 Å². The maximum Gasteiger partial charge on any atom is 0.118 e. The molecule has 0 aliphatic rings. The normalized spacial score (nSPS) is 10.2. The minimum atomic E-state index is 0.706. The Kier molecular flexibility index (Phi) is 4.50. The van der Waals surface area contributed by atoms with Crippen LogP contribution in [-0.4, -0.2) is 7.11 Å². The molecule has 2 nitrogen and oxygen atoms in total. The fourth-order valence-corrected chi connectivity index (χ4v) is 2.31. The van der Waals surface area contributed by atoms with E-state index < -0.39 is 0 Å². The SMILES string of the molecule is COc1ccc(CNc2ccc(Br)cc2Cl)cc1. The minimum absolute atomic E-state index is 0.706. The van der Waals surface area contributed by atoms with Crippen LogP contribution in [0.1, 0.15) is 5.56 Å². The first kappa shape index (κ1) is 13.2. The second-order valence-corrected chi connectivity index (χ2v) is 5.15. The van der Waals surface area contributed by atoms with E-state index in [1.807, 2.05) is 42.5 Å². The van der Waals surface area contributed by atoms with Gasteiger partial charge >= 0.3 is 0 Å². The van der Waals surface area contributed by atoms with Gasteiger partial charge in [0.1, 0.15) is 5.75 Å². The fourth-order valence-electron chi connectivity index (χ4n) is 1.57. The molecule has 0 amide bonds. The van der Waals surface area contributed by atoms with Gasteiger partial charge in [0.25, 0.3) is 0 Å². The molecule has 0 fully saturated rings. The number of halogens is 2. The number of nitrogens with one attached hydrogen (secondary N) is 1. The molecule has 4 heteroatoms. The lowest BCUT2D eigenvalue weighted by atomic mass is 10.2. The van der Waals surface area contributed by atoms with E-state index in [2.05, 4.69) is 21.2 Å². The number of ether oxygens (including phenoxy) is 1. The smallest absolute Gasteiger partial charge is 0.118 e. The van der Waals surface area contributed by atoms with Crippen molar-refractivity contribution in [3.8, 4) is 5.75 Å². The van der Waals surface area contributed by atoms with Crippen molar-refractivity contribution >= 4 is 33.2 Å². The van der Waals surface area contributed by atoms with E-state index in [1.54, 1.807) is 7.11 Å². The molecule has 1 N–H and O–H groups in total. The number of hydrogen-bond donors (Lipinski definition) is 1. The molecule has 0 saturated carbocycles. The van der Waals surface area contributed by atoms with Crippen molar-refractivity contribution in [2.45, 2.75) is 6.54 Å². The van der Waals surface area contributed by atoms with Crippen molar-refractivity contribution in [3.05, 3.63) is 57.5 Å². The molecule has 2 rings (SSSR count). The van der Waals surface area contributed by atoms with Gasteiger partial charge in [-0.15, -0.1) is 0 Å². The summed E-state index contributed by atoms with van der Waals surface area (Å²) in [6.45, 7) is 0.728. The summed E-state index contributed by atoms with van der Waals surface area (Å²) in [6.07, 6.45) is 0. The van der Waals surface area contributed by atoms with Crippen LogP contribution in [0.3, 0.4) is 0 Å². The van der Waals surface area contributed by atoms with Crippen molar-refractivity contribution in [2.24, 2.45) is 0 Å². The Morgan fingerprint density at radius 1 is 1.17 bits per heavy atom. The van der Waals surface area contributed by atoms with E-state index in [1.165, 1.54) is 5.56 Å². The van der Waals surface area contributed by atoms with Crippen LogP contribution in [0.15, 0.2) is 46.9 Å². The largest absolute Gasteiger partial charge is 0.497 e. The maximum atomic E-state index is 6.13. The molecule has 0 aliphatic heterocycles. The molecular weight excluding hydrogens is 314 g/mol. The summed E-state index contributed by atoms with van der Waals surface area (Å²) < 4.78 is 6.09. The average molecular weight is 327 g/mol. The van der Waals surface area contributed by atoms with E-state index in [4.69, 9.17) is 16.3 Å². The van der Waals surface area contributed by atoms with Gasteiger partial charge < -0.3 is 10.1 Å². The molecule has 94 valence electrons. The van der Waals surface area contributed by atoms with Crippen molar-refractivity contribution < 1.29 is 4.74 Å². The monoisotopic (exact) mass is 325 g/mol. The van der Waals surface area contributed by atoms with Gasteiger partial charge in [-0.25, -0.2) is 0 Å². The van der Waals surface area contributed by atoms with Crippen molar-refractivity contribution in [3.63, 3.8) is 0 Å². The van der Waals surface area contributed by atoms with E-state index in [0.717, 1.165) is 22.5 Å². The number of anilines is 1. The van der Waals surface area contributed by atoms with Crippen LogP contribution < -0.4 is 10.1 Å². The summed E-state index contributed by atoms with van der Waals surface area (Å²) in [4.78, 5) is 0. The van der Waals surface area contributed by atoms with Gasteiger partial charge in [0.15, 0.2) is 0 Å². The lowest BCUT2D eigenvalue weighted by molar-refractivity contribution is 0.414. The van der Waals surface area contributed by atoms with Gasteiger partial charge in [-0.1, -0.05) is 39.7 Å². The van der Waals surface area contributed by atoms with Crippen LogP contribution in [0, 0.1) is 0 Å². The van der Waals surface area contributed by atoms with Gasteiger partial charge in [-0.05, 0) is 35.9 Å². The Morgan fingerprint density at radius 2 is 1.89 bits per heavy atom. The third-order valence-electron chi connectivity index (χ3n) is 2.57. The van der Waals surface area contributed by atoms with Gasteiger partial charge in [-0.2, -0.15) is 0 Å². The number of hydrogen-bond acceptors (Lipinski definition) is 2. The molecule has 0 unspecified atom stereocenters. The van der Waals surface area contributed by atoms with Crippen LogP contribution in [0.4, 0.5) is 5.69 Å². The summed E-state index contributed by atoms with van der Waals surface area (Å²) in [5.74, 6) is 0.862. The summed E-state index contributed by atoms with van der Waals surface area (Å²) in [6, 6.07) is 13.7. The Labute approximate surface area is 120 Å². The minimum Gasteiger partial charge on any atom is -0.497 e. The van der Waals surface area contributed by atoms with Gasteiger partial charge in [0, 0.05) is 11.0 Å². The zero-order valence-electron chi connectivity index (χ0n) is 9.91. The number of rotatable bonds is 4. The van der Waals surface area contributed by atoms with E-state index >= 15 is 0 Å². The molecule has 2 aromatic rings. The molecule has 0 spiro atoms. The highest BCUT2D eigenvalue weighted by atomic mass is 79.9. The van der Waals surface area contributed by atoms with Gasteiger partial charge in [-0.3, -0.25) is 0 Å². The Hall–Kier alpha value is -1.19. The summed E-state index contributed by atoms with van der Waals surface area (Å²) in [7, 11) is 1.66. The molecule has 0 saturated heterocycles. The molecule has 2 aromatic carbocycles. The predicted octanol–water partition coefficient (Wildman–Crippen LogP) is 4.72. The first-order valence-electron chi connectivity index (χ1n) is 5.51. The highest BCUT2D eigenvalue weighted by molar-refractivity contribution is 9.10. The zero-order valence-corrected chi connectivity index (χ0v) is 12.3. The molecule has 0 radical (unpaired) electrons. The van der Waals surface area contributed by atoms with E-state index in [0.29, 0.717) is 5.02 Å². The summed E-state index contributed by atoms with van der Waals surface area (Å²) in [5.41, 5.74) is 2.10. The highest BCUT2D eigenvalue weighted by Gasteiger charge is 2.01. The Morgan fingerprint density at radius 3 is 2.50 bits per heavy atom. The van der Waals surface area contributed by atoms with Crippen LogP contribution in [0.25, 0.3) is 0 Å². The van der Waals surface area contributed by atoms with E-state index in [9.17, 15) is 0 Å². The molecule has 0 heterocycles. The maximum absolute atomic E-state index is 6.13. The summed E-state index contributed by atoms with van der Waals surface area (Å²) >= 11 is 9.51. The first-order valence-corrected chi connectivity index (χ1v) is 6.68. The molecular formula is C14H13BrClNO. The molecule has 0 atom stereocenters. The quantitative estimate of drug-likeness (QED) is 0.877. The van der Waals surface area contributed by atoms with Crippen molar-refractivity contribution in [2.75, 3.05) is 12.4 Å². The lowest BCUT2D eigenvalue weighted by Gasteiger charge is -2.09. The fraction of sp³-hybridized carbons (Fsp3) is 0.143. The van der Waals surface area contributed by atoms with Crippen molar-refractivity contribution in [1.29, 1.82) is 0 Å².